The van der Waals surface area contributed by atoms with Crippen molar-refractivity contribution >= 4 is 23.7 Å². The average Bonchev–Trinajstić information content (AvgIpc) is 2.71. The topological polar surface area (TPSA) is 74.6 Å². The Kier molecular flexibility index (Phi) is 5.82. The van der Waals surface area contributed by atoms with Crippen LogP contribution in [-0.2, 0) is 0 Å². The molecule has 138 valence electrons. The normalized spacial score (nSPS) is 11.1. The van der Waals surface area contributed by atoms with Gasteiger partial charge in [0.05, 0.1) is 0 Å². The first-order valence-corrected chi connectivity index (χ1v) is 8.64. The maximum Gasteiger partial charge on any atom is 0.185 e. The molecule has 0 saturated carbocycles. The Labute approximate surface area is 162 Å². The van der Waals surface area contributed by atoms with Gasteiger partial charge < -0.3 is 10.2 Å². The predicted molar refractivity (Wildman–Crippen MR) is 109 cm³/mol. The second-order valence-corrected chi connectivity index (χ2v) is 6.16. The lowest BCUT2D eigenvalue weighted by Gasteiger charge is -1.99. The average molecular weight is 370 g/mol. The summed E-state index contributed by atoms with van der Waals surface area (Å²) >= 11 is 0. The van der Waals surface area contributed by atoms with Gasteiger partial charge in [-0.25, -0.2) is 0 Å². The fraction of sp³-hybridized carbons (Fsp3) is 0. The number of rotatable bonds is 6. The zero-order chi connectivity index (χ0) is 19.9. The Bertz CT molecular complexity index is 973. The lowest BCUT2D eigenvalue weighted by Crippen LogP contribution is -1.93. The van der Waals surface area contributed by atoms with Gasteiger partial charge in [-0.2, -0.15) is 0 Å². The molecule has 0 spiro atoms. The maximum absolute atomic E-state index is 12.1. The third-order valence-electron chi connectivity index (χ3n) is 4.05. The molecule has 0 fully saturated rings. The summed E-state index contributed by atoms with van der Waals surface area (Å²) < 4.78 is 0. The molecule has 0 aliphatic rings. The van der Waals surface area contributed by atoms with E-state index in [1.54, 1.807) is 36.4 Å². The van der Waals surface area contributed by atoms with Gasteiger partial charge >= 0.3 is 0 Å². The minimum atomic E-state index is -0.198. The molecule has 4 heteroatoms. The summed E-state index contributed by atoms with van der Waals surface area (Å²) in [6, 6.07) is 19.7. The Balaban J connectivity index is 1.64. The van der Waals surface area contributed by atoms with Crippen LogP contribution in [0.25, 0.3) is 12.2 Å². The lowest BCUT2D eigenvalue weighted by atomic mass is 10.1. The zero-order valence-corrected chi connectivity index (χ0v) is 14.9. The molecule has 2 N–H and O–H groups in total. The third-order valence-corrected chi connectivity index (χ3v) is 4.05. The predicted octanol–water partition coefficient (Wildman–Crippen LogP) is 4.89. The summed E-state index contributed by atoms with van der Waals surface area (Å²) in [5.74, 6) is -0.292. The highest BCUT2D eigenvalue weighted by Gasteiger charge is 2.03. The van der Waals surface area contributed by atoms with E-state index in [2.05, 4.69) is 0 Å². The van der Waals surface area contributed by atoms with Crippen molar-refractivity contribution in [1.82, 2.24) is 0 Å². The number of carbonyl (C=O) groups is 2. The van der Waals surface area contributed by atoms with Crippen molar-refractivity contribution in [3.63, 3.8) is 0 Å². The first-order chi connectivity index (χ1) is 13.5. The van der Waals surface area contributed by atoms with Crippen LogP contribution in [0, 0.1) is 0 Å². The molecule has 3 rings (SSSR count). The summed E-state index contributed by atoms with van der Waals surface area (Å²) in [5, 5.41) is 18.9. The molecule has 0 radical (unpaired) electrons. The summed E-state index contributed by atoms with van der Waals surface area (Å²) in [4.78, 5) is 24.2. The van der Waals surface area contributed by atoms with Crippen molar-refractivity contribution in [3.05, 3.63) is 107 Å². The number of allylic oxidation sites excluding steroid dienone is 2. The van der Waals surface area contributed by atoms with Crippen LogP contribution in [0.4, 0.5) is 0 Å². The fourth-order valence-electron chi connectivity index (χ4n) is 2.57. The molecule has 3 aromatic carbocycles. The van der Waals surface area contributed by atoms with E-state index in [1.807, 2.05) is 24.3 Å². The van der Waals surface area contributed by atoms with Crippen LogP contribution >= 0.6 is 0 Å². The minimum Gasteiger partial charge on any atom is -0.508 e. The van der Waals surface area contributed by atoms with Crippen molar-refractivity contribution in [2.24, 2.45) is 0 Å². The largest absolute Gasteiger partial charge is 0.508 e. The van der Waals surface area contributed by atoms with Gasteiger partial charge in [0.2, 0.25) is 0 Å². The van der Waals surface area contributed by atoms with E-state index in [0.717, 1.165) is 11.1 Å². The number of phenolic OH excluding ortho intramolecular Hbond substituents is 2. The molecule has 0 saturated heterocycles. The van der Waals surface area contributed by atoms with E-state index in [0.29, 0.717) is 11.1 Å². The van der Waals surface area contributed by atoms with Crippen LogP contribution < -0.4 is 0 Å². The summed E-state index contributed by atoms with van der Waals surface area (Å²) in [6.45, 7) is 0. The van der Waals surface area contributed by atoms with Gasteiger partial charge in [-0.15, -0.1) is 0 Å². The van der Waals surface area contributed by atoms with E-state index >= 15 is 0 Å². The smallest absolute Gasteiger partial charge is 0.185 e. The standard InChI is InChI=1S/C24H18O4/c25-21-5-1-3-19(15-21)23(27)13-11-17-7-9-18(10-8-17)12-14-24(28)20-4-2-6-22(26)16-20/h1-16,25-26H/b13-11+,14-12+. The van der Waals surface area contributed by atoms with E-state index in [9.17, 15) is 19.8 Å². The summed E-state index contributed by atoms with van der Waals surface area (Å²) in [7, 11) is 0. The molecule has 0 aliphatic carbocycles. The van der Waals surface area contributed by atoms with E-state index < -0.39 is 0 Å². The molecule has 3 aromatic rings. The number of phenols is 2. The SMILES string of the molecule is O=C(/C=C/c1ccc(/C=C/C(=O)c2cccc(O)c2)cc1)c1cccc(O)c1. The number of hydrogen-bond donors (Lipinski definition) is 2. The highest BCUT2D eigenvalue weighted by molar-refractivity contribution is 6.07. The number of benzene rings is 3. The monoisotopic (exact) mass is 370 g/mol. The van der Waals surface area contributed by atoms with Crippen molar-refractivity contribution < 1.29 is 19.8 Å². The number of carbonyl (C=O) groups excluding carboxylic acids is 2. The van der Waals surface area contributed by atoms with Gasteiger partial charge in [0.15, 0.2) is 11.6 Å². The van der Waals surface area contributed by atoms with Gasteiger partial charge in [-0.3, -0.25) is 9.59 Å². The number of hydrogen-bond acceptors (Lipinski definition) is 4. The Morgan fingerprint density at radius 1 is 0.607 bits per heavy atom. The lowest BCUT2D eigenvalue weighted by molar-refractivity contribution is 0.103. The third kappa shape index (κ3) is 5.05. The molecule has 28 heavy (non-hydrogen) atoms. The van der Waals surface area contributed by atoms with Crippen LogP contribution in [0.1, 0.15) is 31.8 Å². The fourth-order valence-corrected chi connectivity index (χ4v) is 2.57. The molecular formula is C24H18O4. The quantitative estimate of drug-likeness (QED) is 0.478. The molecule has 0 unspecified atom stereocenters. The maximum atomic E-state index is 12.1. The second kappa shape index (κ2) is 8.64. The molecule has 0 amide bonds. The van der Waals surface area contributed by atoms with Crippen molar-refractivity contribution in [3.8, 4) is 11.5 Å². The first-order valence-electron chi connectivity index (χ1n) is 8.64. The molecule has 0 atom stereocenters. The van der Waals surface area contributed by atoms with Crippen molar-refractivity contribution in [2.75, 3.05) is 0 Å². The van der Waals surface area contributed by atoms with Gasteiger partial charge in [0.25, 0.3) is 0 Å². The van der Waals surface area contributed by atoms with Gasteiger partial charge in [-0.1, -0.05) is 60.7 Å². The highest BCUT2D eigenvalue weighted by atomic mass is 16.3. The van der Waals surface area contributed by atoms with E-state index in [-0.39, 0.29) is 23.1 Å². The first kappa shape index (κ1) is 18.9. The Morgan fingerprint density at radius 3 is 1.36 bits per heavy atom. The van der Waals surface area contributed by atoms with Crippen LogP contribution in [-0.4, -0.2) is 21.8 Å². The van der Waals surface area contributed by atoms with Crippen LogP contribution in [0.3, 0.4) is 0 Å². The zero-order valence-electron chi connectivity index (χ0n) is 14.9. The van der Waals surface area contributed by atoms with Crippen LogP contribution in [0.2, 0.25) is 0 Å². The van der Waals surface area contributed by atoms with Crippen LogP contribution in [0.15, 0.2) is 84.9 Å². The van der Waals surface area contributed by atoms with Gasteiger partial charge in [0, 0.05) is 11.1 Å². The van der Waals surface area contributed by atoms with Crippen LogP contribution in [0.5, 0.6) is 11.5 Å². The molecule has 0 aromatic heterocycles. The van der Waals surface area contributed by atoms with Gasteiger partial charge in [-0.05, 0) is 47.5 Å². The Morgan fingerprint density at radius 2 is 1.00 bits per heavy atom. The second-order valence-electron chi connectivity index (χ2n) is 6.16. The molecule has 0 aliphatic heterocycles. The van der Waals surface area contributed by atoms with E-state index in [1.165, 1.54) is 36.4 Å². The number of aromatic hydroxyl groups is 2. The molecule has 0 heterocycles. The summed E-state index contributed by atoms with van der Waals surface area (Å²) in [5.41, 5.74) is 2.51. The van der Waals surface area contributed by atoms with Gasteiger partial charge in [0.1, 0.15) is 11.5 Å². The molecule has 0 bridgehead atoms. The Hall–Kier alpha value is -3.92. The highest BCUT2D eigenvalue weighted by Crippen LogP contribution is 2.15. The summed E-state index contributed by atoms with van der Waals surface area (Å²) in [6.07, 6.45) is 6.28. The van der Waals surface area contributed by atoms with E-state index in [4.69, 9.17) is 0 Å². The van der Waals surface area contributed by atoms with Crippen molar-refractivity contribution in [2.45, 2.75) is 0 Å². The number of ketones is 2. The molecular weight excluding hydrogens is 352 g/mol. The minimum absolute atomic E-state index is 0.0515. The molecule has 4 nitrogen and oxygen atoms in total. The van der Waals surface area contributed by atoms with Crippen molar-refractivity contribution in [1.29, 1.82) is 0 Å².